The van der Waals surface area contributed by atoms with Gasteiger partial charge in [0, 0.05) is 18.0 Å². The first-order valence-corrected chi connectivity index (χ1v) is 8.38. The van der Waals surface area contributed by atoms with Gasteiger partial charge in [-0.25, -0.2) is 0 Å². The zero-order valence-electron chi connectivity index (χ0n) is 14.9. The summed E-state index contributed by atoms with van der Waals surface area (Å²) < 4.78 is 10.6. The molecule has 2 heterocycles. The van der Waals surface area contributed by atoms with Crippen LogP contribution in [0.5, 0.6) is 0 Å². The SMILES string of the molecule is CCCc1ccc2oc(C(=O)NCc3nc(C(=O)NC)no3)c(C)c2c1. The second-order valence-electron chi connectivity index (χ2n) is 5.91. The summed E-state index contributed by atoms with van der Waals surface area (Å²) in [5.74, 6) is -0.534. The molecule has 0 spiro atoms. The topological polar surface area (TPSA) is 110 Å². The third-order valence-corrected chi connectivity index (χ3v) is 4.04. The molecule has 0 atom stereocenters. The van der Waals surface area contributed by atoms with Crippen LogP contribution in [-0.2, 0) is 13.0 Å². The lowest BCUT2D eigenvalue weighted by Gasteiger charge is -2.00. The maximum atomic E-state index is 12.4. The van der Waals surface area contributed by atoms with Crippen LogP contribution in [0.15, 0.2) is 27.1 Å². The van der Waals surface area contributed by atoms with E-state index in [9.17, 15) is 9.59 Å². The van der Waals surface area contributed by atoms with Crippen LogP contribution in [0.25, 0.3) is 11.0 Å². The smallest absolute Gasteiger partial charge is 0.292 e. The molecule has 3 aromatic rings. The number of nitrogens with one attached hydrogen (secondary N) is 2. The predicted molar refractivity (Wildman–Crippen MR) is 93.8 cm³/mol. The van der Waals surface area contributed by atoms with E-state index in [0.717, 1.165) is 23.8 Å². The molecule has 2 N–H and O–H groups in total. The van der Waals surface area contributed by atoms with Crippen LogP contribution in [0.3, 0.4) is 0 Å². The van der Waals surface area contributed by atoms with Gasteiger partial charge in [-0.1, -0.05) is 24.6 Å². The molecule has 2 amide bonds. The van der Waals surface area contributed by atoms with Crippen molar-refractivity contribution in [3.8, 4) is 0 Å². The number of aromatic nitrogens is 2. The van der Waals surface area contributed by atoms with Gasteiger partial charge in [0.05, 0.1) is 6.54 Å². The molecule has 0 bridgehead atoms. The van der Waals surface area contributed by atoms with Crippen LogP contribution >= 0.6 is 0 Å². The number of rotatable bonds is 6. The lowest BCUT2D eigenvalue weighted by Crippen LogP contribution is -2.23. The summed E-state index contributed by atoms with van der Waals surface area (Å²) in [6.07, 6.45) is 2.03. The molecule has 3 rings (SSSR count). The van der Waals surface area contributed by atoms with Crippen molar-refractivity contribution < 1.29 is 18.5 Å². The van der Waals surface area contributed by atoms with Crippen molar-refractivity contribution in [3.05, 3.63) is 46.8 Å². The van der Waals surface area contributed by atoms with Crippen LogP contribution in [0, 0.1) is 6.92 Å². The Kier molecular flexibility index (Phi) is 5.01. The van der Waals surface area contributed by atoms with Crippen LogP contribution in [0.1, 0.15) is 51.5 Å². The van der Waals surface area contributed by atoms with Crippen molar-refractivity contribution in [2.45, 2.75) is 33.2 Å². The molecule has 8 heteroatoms. The Morgan fingerprint density at radius 2 is 2.04 bits per heavy atom. The number of nitrogens with zero attached hydrogens (tertiary/aromatic N) is 2. The summed E-state index contributed by atoms with van der Waals surface area (Å²) >= 11 is 0. The minimum absolute atomic E-state index is 0.000394. The molecule has 1 aromatic carbocycles. The van der Waals surface area contributed by atoms with Gasteiger partial charge in [-0.3, -0.25) is 9.59 Å². The molecular weight excluding hydrogens is 336 g/mol. The first kappa shape index (κ1) is 17.7. The average molecular weight is 356 g/mol. The molecule has 0 saturated heterocycles. The van der Waals surface area contributed by atoms with Gasteiger partial charge >= 0.3 is 0 Å². The van der Waals surface area contributed by atoms with Gasteiger partial charge in [0.25, 0.3) is 17.6 Å². The summed E-state index contributed by atoms with van der Waals surface area (Å²) in [6.45, 7) is 3.98. The molecule has 0 unspecified atom stereocenters. The van der Waals surface area contributed by atoms with E-state index in [2.05, 4.69) is 33.8 Å². The second kappa shape index (κ2) is 7.38. The number of hydrogen-bond donors (Lipinski definition) is 2. The van der Waals surface area contributed by atoms with E-state index in [-0.39, 0.29) is 29.9 Å². The standard InChI is InChI=1S/C18H20N4O4/c1-4-5-11-6-7-13-12(8-11)10(2)15(25-13)17(23)20-9-14-21-16(22-26-14)18(24)19-3/h6-8H,4-5,9H2,1-3H3,(H,19,24)(H,20,23). The highest BCUT2D eigenvalue weighted by molar-refractivity contribution is 5.99. The number of carbonyl (C=O) groups is 2. The molecule has 0 saturated carbocycles. The molecular formula is C18H20N4O4. The number of hydrogen-bond acceptors (Lipinski definition) is 6. The highest BCUT2D eigenvalue weighted by atomic mass is 16.5. The summed E-state index contributed by atoms with van der Waals surface area (Å²) in [7, 11) is 1.47. The van der Waals surface area contributed by atoms with Crippen molar-refractivity contribution in [1.82, 2.24) is 20.8 Å². The van der Waals surface area contributed by atoms with E-state index in [1.807, 2.05) is 19.1 Å². The monoisotopic (exact) mass is 356 g/mol. The van der Waals surface area contributed by atoms with Crippen molar-refractivity contribution in [1.29, 1.82) is 0 Å². The third kappa shape index (κ3) is 3.44. The third-order valence-electron chi connectivity index (χ3n) is 4.04. The molecule has 8 nitrogen and oxygen atoms in total. The van der Waals surface area contributed by atoms with E-state index in [4.69, 9.17) is 8.94 Å². The van der Waals surface area contributed by atoms with Gasteiger partial charge in [-0.2, -0.15) is 4.98 Å². The Balaban J connectivity index is 1.74. The van der Waals surface area contributed by atoms with Crippen molar-refractivity contribution in [3.63, 3.8) is 0 Å². The number of amides is 2. The van der Waals surface area contributed by atoms with Crippen LogP contribution in [0.4, 0.5) is 0 Å². The normalized spacial score (nSPS) is 10.9. The van der Waals surface area contributed by atoms with E-state index in [1.165, 1.54) is 12.6 Å². The van der Waals surface area contributed by atoms with Crippen molar-refractivity contribution in [2.24, 2.45) is 0 Å². The van der Waals surface area contributed by atoms with Gasteiger partial charge in [0.15, 0.2) is 5.76 Å². The van der Waals surface area contributed by atoms with Gasteiger partial charge in [-0.05, 0) is 31.0 Å². The number of furan rings is 1. The largest absolute Gasteiger partial charge is 0.451 e. The molecule has 136 valence electrons. The molecule has 0 fully saturated rings. The van der Waals surface area contributed by atoms with Crippen LogP contribution in [-0.4, -0.2) is 29.0 Å². The van der Waals surface area contributed by atoms with Gasteiger partial charge in [0.1, 0.15) is 5.58 Å². The Hall–Kier alpha value is -3.16. The first-order valence-electron chi connectivity index (χ1n) is 8.38. The number of fused-ring (bicyclic) bond motifs is 1. The van der Waals surface area contributed by atoms with Gasteiger partial charge in [-0.15, -0.1) is 0 Å². The first-order chi connectivity index (χ1) is 12.5. The van der Waals surface area contributed by atoms with Crippen molar-refractivity contribution >= 4 is 22.8 Å². The number of aryl methyl sites for hydroxylation is 2. The fourth-order valence-electron chi connectivity index (χ4n) is 2.70. The Labute approximate surface area is 149 Å². The quantitative estimate of drug-likeness (QED) is 0.701. The fourth-order valence-corrected chi connectivity index (χ4v) is 2.70. The zero-order valence-corrected chi connectivity index (χ0v) is 14.9. The van der Waals surface area contributed by atoms with Crippen molar-refractivity contribution in [2.75, 3.05) is 7.05 Å². The van der Waals surface area contributed by atoms with E-state index in [1.54, 1.807) is 0 Å². The number of benzene rings is 1. The zero-order chi connectivity index (χ0) is 18.7. The molecule has 2 aromatic heterocycles. The van der Waals surface area contributed by atoms with E-state index in [0.29, 0.717) is 5.58 Å². The predicted octanol–water partition coefficient (Wildman–Crippen LogP) is 2.37. The van der Waals surface area contributed by atoms with E-state index >= 15 is 0 Å². The van der Waals surface area contributed by atoms with E-state index < -0.39 is 5.91 Å². The Bertz CT molecular complexity index is 957. The molecule has 0 radical (unpaired) electrons. The Morgan fingerprint density at radius 3 is 2.77 bits per heavy atom. The minimum Gasteiger partial charge on any atom is -0.451 e. The lowest BCUT2D eigenvalue weighted by atomic mass is 10.1. The lowest BCUT2D eigenvalue weighted by molar-refractivity contribution is 0.0917. The van der Waals surface area contributed by atoms with Crippen LogP contribution < -0.4 is 10.6 Å². The molecule has 0 aliphatic carbocycles. The van der Waals surface area contributed by atoms with Gasteiger partial charge in [0.2, 0.25) is 5.89 Å². The van der Waals surface area contributed by atoms with Gasteiger partial charge < -0.3 is 19.6 Å². The maximum absolute atomic E-state index is 12.4. The highest BCUT2D eigenvalue weighted by Gasteiger charge is 2.19. The molecule has 0 aliphatic heterocycles. The fraction of sp³-hybridized carbons (Fsp3) is 0.333. The molecule has 0 aliphatic rings. The summed E-state index contributed by atoms with van der Waals surface area (Å²) in [5, 5.41) is 9.54. The average Bonchev–Trinajstić information content (AvgIpc) is 3.25. The minimum atomic E-state index is -0.456. The van der Waals surface area contributed by atoms with Crippen LogP contribution in [0.2, 0.25) is 0 Å². The summed E-state index contributed by atoms with van der Waals surface area (Å²) in [4.78, 5) is 27.8. The Morgan fingerprint density at radius 1 is 1.23 bits per heavy atom. The second-order valence-corrected chi connectivity index (χ2v) is 5.91. The summed E-state index contributed by atoms with van der Waals surface area (Å²) in [5.41, 5.74) is 2.67. The maximum Gasteiger partial charge on any atom is 0.292 e. The summed E-state index contributed by atoms with van der Waals surface area (Å²) in [6, 6.07) is 5.95. The highest BCUT2D eigenvalue weighted by Crippen LogP contribution is 2.26. The molecule has 26 heavy (non-hydrogen) atoms. The number of carbonyl (C=O) groups excluding carboxylic acids is 2.